The Morgan fingerprint density at radius 3 is 2.95 bits per heavy atom. The number of hydrogen-bond acceptors (Lipinski definition) is 2. The topological polar surface area (TPSA) is 24.9 Å². The Morgan fingerprint density at radius 1 is 1.33 bits per heavy atom. The summed E-state index contributed by atoms with van der Waals surface area (Å²) in [5, 5.41) is 3.68. The lowest BCUT2D eigenvalue weighted by Crippen LogP contribution is -2.27. The summed E-state index contributed by atoms with van der Waals surface area (Å²) in [6, 6.07) is 11.4. The number of aromatic nitrogens is 1. The summed E-state index contributed by atoms with van der Waals surface area (Å²) in [5.41, 5.74) is 4.33. The van der Waals surface area contributed by atoms with Crippen LogP contribution in [0.5, 0.6) is 0 Å². The monoisotopic (exact) mass is 344 g/mol. The van der Waals surface area contributed by atoms with Crippen LogP contribution in [0.2, 0.25) is 0 Å². The molecule has 0 radical (unpaired) electrons. The fourth-order valence-electron chi connectivity index (χ4n) is 3.13. The summed E-state index contributed by atoms with van der Waals surface area (Å²) < 4.78 is 1.05. The minimum Gasteiger partial charge on any atom is -0.310 e. The molecule has 0 saturated heterocycles. The molecule has 0 fully saturated rings. The molecule has 1 aliphatic rings. The van der Waals surface area contributed by atoms with Crippen LogP contribution in [-0.2, 0) is 6.42 Å². The van der Waals surface area contributed by atoms with Crippen molar-refractivity contribution in [2.24, 2.45) is 0 Å². The molecule has 1 aromatic carbocycles. The van der Waals surface area contributed by atoms with Crippen LogP contribution >= 0.6 is 15.9 Å². The van der Waals surface area contributed by atoms with Crippen molar-refractivity contribution < 1.29 is 0 Å². The molecule has 2 nitrogen and oxygen atoms in total. The van der Waals surface area contributed by atoms with E-state index in [2.05, 4.69) is 63.5 Å². The lowest BCUT2D eigenvalue weighted by molar-refractivity contribution is 0.427. The molecule has 21 heavy (non-hydrogen) atoms. The van der Waals surface area contributed by atoms with Gasteiger partial charge in [-0.15, -0.1) is 0 Å². The average Bonchev–Trinajstić information content (AvgIpc) is 2.48. The zero-order chi connectivity index (χ0) is 14.7. The maximum atomic E-state index is 4.32. The van der Waals surface area contributed by atoms with Crippen LogP contribution in [0.1, 0.15) is 48.4 Å². The van der Waals surface area contributed by atoms with Crippen molar-refractivity contribution in [3.63, 3.8) is 0 Å². The molecule has 110 valence electrons. The predicted octanol–water partition coefficient (Wildman–Crippen LogP) is 4.61. The maximum absolute atomic E-state index is 4.32. The number of halogens is 1. The van der Waals surface area contributed by atoms with Gasteiger partial charge in [-0.2, -0.15) is 0 Å². The quantitative estimate of drug-likeness (QED) is 0.827. The van der Waals surface area contributed by atoms with Gasteiger partial charge < -0.3 is 5.32 Å². The first-order valence-corrected chi connectivity index (χ1v) is 8.49. The first-order valence-electron chi connectivity index (χ1n) is 7.69. The summed E-state index contributed by atoms with van der Waals surface area (Å²) in [6.45, 7) is 3.26. The molecule has 3 heteroatoms. The van der Waals surface area contributed by atoms with E-state index in [1.54, 1.807) is 0 Å². The second-order valence-corrected chi connectivity index (χ2v) is 6.69. The number of hydrogen-bond donors (Lipinski definition) is 1. The number of benzene rings is 1. The van der Waals surface area contributed by atoms with Crippen LogP contribution < -0.4 is 5.32 Å². The molecule has 1 N–H and O–H groups in total. The Balaban J connectivity index is 1.75. The Kier molecular flexibility index (Phi) is 4.71. The van der Waals surface area contributed by atoms with Crippen LogP contribution in [0, 0.1) is 0 Å². The van der Waals surface area contributed by atoms with Gasteiger partial charge in [0.15, 0.2) is 0 Å². The van der Waals surface area contributed by atoms with Gasteiger partial charge in [0.05, 0.1) is 0 Å². The average molecular weight is 345 g/mol. The van der Waals surface area contributed by atoms with Gasteiger partial charge in [0.1, 0.15) is 0 Å². The standard InChI is InChI=1S/C18H21BrN2/c1-2-7-21-18(15-9-16(19)12-20-11-15)10-14-8-13-5-3-4-6-17(13)14/h3-6,9,11-12,14,18,21H,2,7-8,10H2,1H3. The van der Waals surface area contributed by atoms with E-state index in [-0.39, 0.29) is 0 Å². The van der Waals surface area contributed by atoms with E-state index >= 15 is 0 Å². The zero-order valence-electron chi connectivity index (χ0n) is 12.3. The minimum atomic E-state index is 0.383. The highest BCUT2D eigenvalue weighted by molar-refractivity contribution is 9.10. The van der Waals surface area contributed by atoms with Gasteiger partial charge in [-0.25, -0.2) is 0 Å². The van der Waals surface area contributed by atoms with E-state index in [1.807, 2.05) is 12.4 Å². The predicted molar refractivity (Wildman–Crippen MR) is 90.5 cm³/mol. The van der Waals surface area contributed by atoms with Crippen LogP contribution in [0.15, 0.2) is 47.2 Å². The highest BCUT2D eigenvalue weighted by Crippen LogP contribution is 2.40. The van der Waals surface area contributed by atoms with Crippen LogP contribution in [0.25, 0.3) is 0 Å². The van der Waals surface area contributed by atoms with Gasteiger partial charge in [-0.05, 0) is 70.4 Å². The molecule has 1 aromatic heterocycles. The molecular formula is C18H21BrN2. The van der Waals surface area contributed by atoms with Crippen molar-refractivity contribution in [3.8, 4) is 0 Å². The summed E-state index contributed by atoms with van der Waals surface area (Å²) in [7, 11) is 0. The molecule has 2 unspecified atom stereocenters. The molecule has 0 aliphatic heterocycles. The Bertz CT molecular complexity index is 612. The molecular weight excluding hydrogens is 324 g/mol. The van der Waals surface area contributed by atoms with Crippen LogP contribution in [-0.4, -0.2) is 11.5 Å². The molecule has 1 aliphatic carbocycles. The highest BCUT2D eigenvalue weighted by atomic mass is 79.9. The third-order valence-corrected chi connectivity index (χ3v) is 4.68. The highest BCUT2D eigenvalue weighted by Gasteiger charge is 2.28. The number of rotatable bonds is 6. The summed E-state index contributed by atoms with van der Waals surface area (Å²) >= 11 is 3.53. The summed E-state index contributed by atoms with van der Waals surface area (Å²) in [5.74, 6) is 0.675. The van der Waals surface area contributed by atoms with Gasteiger partial charge in [-0.1, -0.05) is 31.2 Å². The smallest absolute Gasteiger partial charge is 0.0410 e. The number of nitrogens with one attached hydrogen (secondary N) is 1. The fraction of sp³-hybridized carbons (Fsp3) is 0.389. The van der Waals surface area contributed by atoms with Crippen molar-refractivity contribution in [1.82, 2.24) is 10.3 Å². The van der Waals surface area contributed by atoms with E-state index in [9.17, 15) is 0 Å². The first kappa shape index (κ1) is 14.7. The molecule has 0 saturated carbocycles. The fourth-order valence-corrected chi connectivity index (χ4v) is 3.51. The van der Waals surface area contributed by atoms with Crippen LogP contribution in [0.3, 0.4) is 0 Å². The van der Waals surface area contributed by atoms with Gasteiger partial charge in [0.2, 0.25) is 0 Å². The van der Waals surface area contributed by atoms with Crippen molar-refractivity contribution in [3.05, 3.63) is 63.9 Å². The lowest BCUT2D eigenvalue weighted by Gasteiger charge is -2.33. The number of pyridine rings is 1. The van der Waals surface area contributed by atoms with E-state index in [0.29, 0.717) is 12.0 Å². The summed E-state index contributed by atoms with van der Waals surface area (Å²) in [6.07, 6.45) is 7.35. The van der Waals surface area contributed by atoms with Crippen molar-refractivity contribution in [2.45, 2.75) is 38.1 Å². The third-order valence-electron chi connectivity index (χ3n) is 4.25. The largest absolute Gasteiger partial charge is 0.310 e. The van der Waals surface area contributed by atoms with E-state index < -0.39 is 0 Å². The Labute approximate surface area is 135 Å². The Morgan fingerprint density at radius 2 is 2.19 bits per heavy atom. The van der Waals surface area contributed by atoms with E-state index in [0.717, 1.165) is 23.9 Å². The van der Waals surface area contributed by atoms with Gasteiger partial charge >= 0.3 is 0 Å². The third kappa shape index (κ3) is 3.35. The maximum Gasteiger partial charge on any atom is 0.0410 e. The molecule has 0 bridgehead atoms. The zero-order valence-corrected chi connectivity index (χ0v) is 13.9. The SMILES string of the molecule is CCCNC(CC1Cc2ccccc21)c1cncc(Br)c1. The van der Waals surface area contributed by atoms with Crippen LogP contribution in [0.4, 0.5) is 0 Å². The van der Waals surface area contributed by atoms with E-state index in [1.165, 1.54) is 23.1 Å². The second-order valence-electron chi connectivity index (χ2n) is 5.78. The van der Waals surface area contributed by atoms with Crippen molar-refractivity contribution in [1.29, 1.82) is 0 Å². The van der Waals surface area contributed by atoms with Gasteiger partial charge in [0.25, 0.3) is 0 Å². The molecule has 0 spiro atoms. The van der Waals surface area contributed by atoms with Gasteiger partial charge in [-0.3, -0.25) is 4.98 Å². The lowest BCUT2D eigenvalue weighted by atomic mass is 9.74. The number of fused-ring (bicyclic) bond motifs is 1. The minimum absolute atomic E-state index is 0.383. The molecule has 2 aromatic rings. The molecule has 2 atom stereocenters. The summed E-state index contributed by atoms with van der Waals surface area (Å²) in [4.78, 5) is 4.32. The Hall–Kier alpha value is -1.19. The normalized spacial score (nSPS) is 17.9. The molecule has 1 heterocycles. The molecule has 3 rings (SSSR count). The molecule has 0 amide bonds. The number of nitrogens with zero attached hydrogens (tertiary/aromatic N) is 1. The second kappa shape index (κ2) is 6.71. The van der Waals surface area contributed by atoms with Crippen molar-refractivity contribution in [2.75, 3.05) is 6.54 Å². The first-order chi connectivity index (χ1) is 10.3. The van der Waals surface area contributed by atoms with Crippen molar-refractivity contribution >= 4 is 15.9 Å². The van der Waals surface area contributed by atoms with E-state index in [4.69, 9.17) is 0 Å². The van der Waals surface area contributed by atoms with Gasteiger partial charge in [0, 0.05) is 22.9 Å².